The number of aromatic nitrogens is 1. The van der Waals surface area contributed by atoms with Crippen molar-refractivity contribution in [3.8, 4) is 11.8 Å². The van der Waals surface area contributed by atoms with E-state index in [9.17, 15) is 13.6 Å². The summed E-state index contributed by atoms with van der Waals surface area (Å²) in [5.74, 6) is -1.26. The van der Waals surface area contributed by atoms with Gasteiger partial charge in [0.25, 0.3) is 5.91 Å². The van der Waals surface area contributed by atoms with Crippen LogP contribution in [0.2, 0.25) is 0 Å². The van der Waals surface area contributed by atoms with Gasteiger partial charge in [0.15, 0.2) is 5.69 Å². The van der Waals surface area contributed by atoms with Crippen LogP contribution in [0.3, 0.4) is 0 Å². The van der Waals surface area contributed by atoms with E-state index in [1.165, 1.54) is 36.4 Å². The Morgan fingerprint density at radius 3 is 2.66 bits per heavy atom. The Balaban J connectivity index is 1.43. The molecule has 1 N–H and O–H groups in total. The molecule has 1 aromatic heterocycles. The zero-order chi connectivity index (χ0) is 20.5. The van der Waals surface area contributed by atoms with E-state index in [0.29, 0.717) is 11.3 Å². The minimum absolute atomic E-state index is 0.0149. The van der Waals surface area contributed by atoms with Crippen LogP contribution >= 0.6 is 0 Å². The summed E-state index contributed by atoms with van der Waals surface area (Å²) in [4.78, 5) is 16.5. The second-order valence-electron chi connectivity index (χ2n) is 7.19. The monoisotopic (exact) mass is 398 g/mol. The number of nitrogens with zero attached hydrogens (tertiary/aromatic N) is 1. The normalized spacial score (nSPS) is 13.8. The van der Waals surface area contributed by atoms with Crippen LogP contribution in [0.15, 0.2) is 41.0 Å². The van der Waals surface area contributed by atoms with Gasteiger partial charge in [-0.05, 0) is 74.1 Å². The van der Waals surface area contributed by atoms with Gasteiger partial charge in [-0.3, -0.25) is 4.79 Å². The molecule has 4 rings (SSSR count). The summed E-state index contributed by atoms with van der Waals surface area (Å²) in [6.45, 7) is 2.99. The summed E-state index contributed by atoms with van der Waals surface area (Å²) in [7, 11) is 0. The molecule has 0 saturated heterocycles. The maximum absolute atomic E-state index is 13.8. The van der Waals surface area contributed by atoms with E-state index < -0.39 is 23.6 Å². The molecule has 150 valence electrons. The number of oxazole rings is 1. The first-order valence-corrected chi connectivity index (χ1v) is 9.42. The quantitative estimate of drug-likeness (QED) is 0.654. The number of hydrogen-bond acceptors (Lipinski definition) is 4. The molecule has 0 spiro atoms. The van der Waals surface area contributed by atoms with Gasteiger partial charge in [-0.1, -0.05) is 6.07 Å². The summed E-state index contributed by atoms with van der Waals surface area (Å²) in [6, 6.07) is 7.61. The van der Waals surface area contributed by atoms with Crippen LogP contribution in [0.4, 0.5) is 8.78 Å². The van der Waals surface area contributed by atoms with Crippen molar-refractivity contribution in [2.75, 3.05) is 0 Å². The summed E-state index contributed by atoms with van der Waals surface area (Å²) in [5, 5.41) is 2.65. The molecule has 1 aliphatic carbocycles. The summed E-state index contributed by atoms with van der Waals surface area (Å²) in [6.07, 6.45) is 4.36. The van der Waals surface area contributed by atoms with E-state index in [-0.39, 0.29) is 17.3 Å². The molecule has 7 heteroatoms. The third-order valence-corrected chi connectivity index (χ3v) is 5.14. The van der Waals surface area contributed by atoms with E-state index in [4.69, 9.17) is 9.15 Å². The Kier molecular flexibility index (Phi) is 5.05. The number of halogens is 2. The van der Waals surface area contributed by atoms with Crippen LogP contribution in [0.5, 0.6) is 11.8 Å². The molecule has 2 aromatic carbocycles. The highest BCUT2D eigenvalue weighted by Crippen LogP contribution is 2.29. The zero-order valence-electron chi connectivity index (χ0n) is 16.1. The maximum Gasteiger partial charge on any atom is 0.399 e. The summed E-state index contributed by atoms with van der Waals surface area (Å²) in [5.41, 5.74) is 2.84. The minimum Gasteiger partial charge on any atom is -0.416 e. The van der Waals surface area contributed by atoms with Crippen LogP contribution in [-0.2, 0) is 12.8 Å². The number of carbonyl (C=O) groups excluding carboxylic acids is 1. The average Bonchev–Trinajstić information content (AvgIpc) is 3.34. The fourth-order valence-electron chi connectivity index (χ4n) is 3.39. The lowest BCUT2D eigenvalue weighted by Gasteiger charge is -2.14. The van der Waals surface area contributed by atoms with Gasteiger partial charge >= 0.3 is 6.08 Å². The SMILES string of the molecule is Cc1c(F)cc([C@@H](C)NC(=O)c2coc(Oc3ccc4c(c3)CCC4)n2)cc1F. The number of fused-ring (bicyclic) bond motifs is 1. The molecule has 29 heavy (non-hydrogen) atoms. The van der Waals surface area contributed by atoms with Crippen LogP contribution < -0.4 is 10.1 Å². The van der Waals surface area contributed by atoms with Gasteiger partial charge in [0.2, 0.25) is 0 Å². The van der Waals surface area contributed by atoms with Gasteiger partial charge < -0.3 is 14.5 Å². The van der Waals surface area contributed by atoms with E-state index >= 15 is 0 Å². The molecule has 1 atom stereocenters. The Labute approximate surface area is 166 Å². The van der Waals surface area contributed by atoms with Crippen molar-refractivity contribution in [2.24, 2.45) is 0 Å². The van der Waals surface area contributed by atoms with E-state index in [2.05, 4.69) is 10.3 Å². The van der Waals surface area contributed by atoms with Crippen LogP contribution in [0, 0.1) is 18.6 Å². The fourth-order valence-corrected chi connectivity index (χ4v) is 3.39. The van der Waals surface area contributed by atoms with Gasteiger partial charge in [0, 0.05) is 5.56 Å². The van der Waals surface area contributed by atoms with Crippen molar-refractivity contribution < 1.29 is 22.7 Å². The van der Waals surface area contributed by atoms with Gasteiger partial charge in [-0.25, -0.2) is 8.78 Å². The molecule has 0 bridgehead atoms. The lowest BCUT2D eigenvalue weighted by molar-refractivity contribution is 0.0934. The molecule has 1 amide bonds. The zero-order valence-corrected chi connectivity index (χ0v) is 16.1. The predicted molar refractivity (Wildman–Crippen MR) is 102 cm³/mol. The van der Waals surface area contributed by atoms with E-state index in [0.717, 1.165) is 19.3 Å². The number of benzene rings is 2. The van der Waals surface area contributed by atoms with Crippen LogP contribution in [0.1, 0.15) is 52.1 Å². The second kappa shape index (κ2) is 7.66. The topological polar surface area (TPSA) is 64.4 Å². The van der Waals surface area contributed by atoms with Crippen molar-refractivity contribution in [1.29, 1.82) is 0 Å². The number of rotatable bonds is 5. The molecule has 3 aromatic rings. The molecule has 0 aliphatic heterocycles. The lowest BCUT2D eigenvalue weighted by Crippen LogP contribution is -2.27. The van der Waals surface area contributed by atoms with E-state index in [1.54, 1.807) is 6.92 Å². The third kappa shape index (κ3) is 3.99. The Hall–Kier alpha value is -3.22. The third-order valence-electron chi connectivity index (χ3n) is 5.14. The highest BCUT2D eigenvalue weighted by atomic mass is 19.1. The number of amides is 1. The predicted octanol–water partition coefficient (Wildman–Crippen LogP) is 5.03. The Morgan fingerprint density at radius 2 is 1.90 bits per heavy atom. The molecular weight excluding hydrogens is 378 g/mol. The first-order chi connectivity index (χ1) is 13.9. The first kappa shape index (κ1) is 19.1. The highest BCUT2D eigenvalue weighted by molar-refractivity contribution is 5.92. The van der Waals surface area contributed by atoms with Gasteiger partial charge in [-0.15, -0.1) is 0 Å². The van der Waals surface area contributed by atoms with Crippen LogP contribution in [0.25, 0.3) is 0 Å². The van der Waals surface area contributed by atoms with Gasteiger partial charge in [0.05, 0.1) is 6.04 Å². The van der Waals surface area contributed by atoms with Crippen molar-refractivity contribution >= 4 is 5.91 Å². The molecule has 0 saturated carbocycles. The van der Waals surface area contributed by atoms with Crippen molar-refractivity contribution in [2.45, 2.75) is 39.2 Å². The minimum atomic E-state index is -0.660. The summed E-state index contributed by atoms with van der Waals surface area (Å²) < 4.78 is 38.4. The maximum atomic E-state index is 13.8. The lowest BCUT2D eigenvalue weighted by atomic mass is 10.1. The number of aryl methyl sites for hydroxylation is 2. The Morgan fingerprint density at radius 1 is 1.17 bits per heavy atom. The van der Waals surface area contributed by atoms with Crippen molar-refractivity contribution in [3.63, 3.8) is 0 Å². The van der Waals surface area contributed by atoms with Crippen molar-refractivity contribution in [3.05, 3.63) is 76.2 Å². The standard InChI is InChI=1S/C22H20F2N2O3/c1-12-18(23)9-16(10-19(12)24)13(2)25-21(27)20-11-28-22(26-20)29-17-7-6-14-4-3-5-15(14)8-17/h6-11,13H,3-5H2,1-2H3,(H,25,27)/t13-/m1/s1. The molecule has 0 fully saturated rings. The molecule has 1 aliphatic rings. The molecule has 0 radical (unpaired) electrons. The second-order valence-corrected chi connectivity index (χ2v) is 7.19. The average molecular weight is 398 g/mol. The Bertz CT molecular complexity index is 1050. The van der Waals surface area contributed by atoms with Crippen molar-refractivity contribution in [1.82, 2.24) is 10.3 Å². The van der Waals surface area contributed by atoms with Crippen LogP contribution in [-0.4, -0.2) is 10.9 Å². The number of nitrogens with one attached hydrogen (secondary N) is 1. The number of carbonyl (C=O) groups is 1. The fraction of sp³-hybridized carbons (Fsp3) is 0.273. The number of hydrogen-bond donors (Lipinski definition) is 1. The van der Waals surface area contributed by atoms with E-state index in [1.807, 2.05) is 18.2 Å². The molecule has 0 unspecified atom stereocenters. The largest absolute Gasteiger partial charge is 0.416 e. The smallest absolute Gasteiger partial charge is 0.399 e. The molecular formula is C22H20F2N2O3. The molecule has 1 heterocycles. The number of ether oxygens (including phenoxy) is 1. The first-order valence-electron chi connectivity index (χ1n) is 9.42. The highest BCUT2D eigenvalue weighted by Gasteiger charge is 2.19. The molecule has 5 nitrogen and oxygen atoms in total. The van der Waals surface area contributed by atoms with Gasteiger partial charge in [-0.2, -0.15) is 4.98 Å². The van der Waals surface area contributed by atoms with Gasteiger partial charge in [0.1, 0.15) is 23.6 Å². The summed E-state index contributed by atoms with van der Waals surface area (Å²) >= 11 is 0.